The fraction of sp³-hybridized carbons (Fsp3) is 0.222. The normalized spacial score (nSPS) is 8.25. The number of hydrogen-bond donors (Lipinski definition) is 0. The molecule has 0 saturated heterocycles. The van der Waals surface area contributed by atoms with E-state index in [0.29, 0.717) is 5.56 Å². The molecule has 0 bridgehead atoms. The lowest BCUT2D eigenvalue weighted by Gasteiger charge is -1.80. The first kappa shape index (κ1) is 10.6. The maximum absolute atomic E-state index is 10.3. The smallest absolute Gasteiger partial charge is 0.211 e. The number of halogens is 2. The lowest BCUT2D eigenvalue weighted by molar-refractivity contribution is 0.171. The average Bonchev–Trinajstić information content (AvgIpc) is 2.05. The average molecular weight is 169 g/mol. The van der Waals surface area contributed by atoms with Gasteiger partial charge in [-0.3, -0.25) is 0 Å². The second kappa shape index (κ2) is 6.29. The minimum absolute atomic E-state index is 0.715. The van der Waals surface area contributed by atoms with Crippen LogP contribution in [0.5, 0.6) is 0 Å². The minimum Gasteiger partial charge on any atom is -0.211 e. The molecule has 1 aromatic rings. The third-order valence-corrected chi connectivity index (χ3v) is 0.903. The topological polar surface area (TPSA) is 23.8 Å². The van der Waals surface area contributed by atoms with E-state index in [2.05, 4.69) is 0 Å². The van der Waals surface area contributed by atoms with Crippen molar-refractivity contribution in [2.24, 2.45) is 0 Å². The fourth-order valence-corrected chi connectivity index (χ4v) is 0.513. The Bertz CT molecular complexity index is 236. The van der Waals surface area contributed by atoms with Gasteiger partial charge in [-0.15, -0.1) is 0 Å². The van der Waals surface area contributed by atoms with Gasteiger partial charge >= 0.3 is 0 Å². The molecule has 0 aromatic heterocycles. The molecule has 1 rings (SSSR count). The summed E-state index contributed by atoms with van der Waals surface area (Å²) in [5.74, 6) is 0. The Morgan fingerprint density at radius 3 is 1.92 bits per heavy atom. The molecule has 3 heteroatoms. The Hall–Kier alpha value is -1.43. The van der Waals surface area contributed by atoms with Crippen molar-refractivity contribution in [1.29, 1.82) is 5.26 Å². The van der Waals surface area contributed by atoms with Crippen molar-refractivity contribution in [2.75, 3.05) is 0 Å². The Kier molecular flexibility index (Phi) is 5.54. The summed E-state index contributed by atoms with van der Waals surface area (Å²) < 4.78 is 20.7. The van der Waals surface area contributed by atoms with Crippen LogP contribution in [0.3, 0.4) is 0 Å². The molecule has 64 valence electrons. The summed E-state index contributed by atoms with van der Waals surface area (Å²) in [6.07, 6.45) is -2.17. The van der Waals surface area contributed by atoms with E-state index in [1.54, 1.807) is 12.1 Å². The second-order valence-corrected chi connectivity index (χ2v) is 2.00. The van der Waals surface area contributed by atoms with Gasteiger partial charge in [0.05, 0.1) is 11.6 Å². The molecule has 0 saturated carbocycles. The maximum Gasteiger partial charge on any atom is 0.235 e. The highest BCUT2D eigenvalue weighted by atomic mass is 19.3. The van der Waals surface area contributed by atoms with Gasteiger partial charge in [0.2, 0.25) is 6.43 Å². The van der Waals surface area contributed by atoms with Crippen molar-refractivity contribution >= 4 is 0 Å². The van der Waals surface area contributed by atoms with Crippen molar-refractivity contribution < 1.29 is 8.78 Å². The molecule has 0 amide bonds. The summed E-state index contributed by atoms with van der Waals surface area (Å²) in [6, 6.07) is 11.2. The molecule has 1 aromatic carbocycles. The number of nitrogens with zero attached hydrogens (tertiary/aromatic N) is 1. The Morgan fingerprint density at radius 2 is 1.67 bits per heavy atom. The molecule has 0 radical (unpaired) electrons. The highest BCUT2D eigenvalue weighted by Crippen LogP contribution is 1.93. The van der Waals surface area contributed by atoms with Gasteiger partial charge in [-0.1, -0.05) is 18.2 Å². The molecule has 1 nitrogen and oxygen atoms in total. The SMILES string of the molecule is CC(F)F.N#Cc1ccccc1. The molecule has 0 fully saturated rings. The van der Waals surface area contributed by atoms with Gasteiger partial charge in [-0.05, 0) is 19.1 Å². The Balaban J connectivity index is 0.000000261. The number of benzene rings is 1. The highest BCUT2D eigenvalue weighted by Gasteiger charge is 1.80. The summed E-state index contributed by atoms with van der Waals surface area (Å²) in [5, 5.41) is 8.29. The van der Waals surface area contributed by atoms with Crippen molar-refractivity contribution in [3.63, 3.8) is 0 Å². The van der Waals surface area contributed by atoms with E-state index in [1.165, 1.54) is 0 Å². The van der Waals surface area contributed by atoms with Gasteiger partial charge in [0.1, 0.15) is 0 Å². The number of hydrogen-bond acceptors (Lipinski definition) is 1. The molecule has 0 N–H and O–H groups in total. The molecule has 0 aliphatic rings. The zero-order chi connectivity index (χ0) is 9.40. The Morgan fingerprint density at radius 1 is 1.25 bits per heavy atom. The molecule has 0 aliphatic heterocycles. The standard InChI is InChI=1S/C7H5N.C2H4F2/c8-6-7-4-2-1-3-5-7;1-2(3)4/h1-5H;2H,1H3. The van der Waals surface area contributed by atoms with Crippen molar-refractivity contribution in [2.45, 2.75) is 13.3 Å². The van der Waals surface area contributed by atoms with Crippen LogP contribution >= 0.6 is 0 Å². The van der Waals surface area contributed by atoms with Crippen LogP contribution in [0.15, 0.2) is 30.3 Å². The zero-order valence-electron chi connectivity index (χ0n) is 6.67. The molecular formula is C9H9F2N. The van der Waals surface area contributed by atoms with Crippen LogP contribution in [0, 0.1) is 11.3 Å². The molecule has 0 spiro atoms. The summed E-state index contributed by atoms with van der Waals surface area (Å²) in [6.45, 7) is 0.833. The highest BCUT2D eigenvalue weighted by molar-refractivity contribution is 5.27. The summed E-state index contributed by atoms with van der Waals surface area (Å²) in [4.78, 5) is 0. The first-order valence-corrected chi connectivity index (χ1v) is 3.40. The summed E-state index contributed by atoms with van der Waals surface area (Å²) >= 11 is 0. The fourth-order valence-electron chi connectivity index (χ4n) is 0.513. The molecule has 0 unspecified atom stereocenters. The van der Waals surface area contributed by atoms with Gasteiger partial charge < -0.3 is 0 Å². The van der Waals surface area contributed by atoms with E-state index in [0.717, 1.165) is 6.92 Å². The summed E-state index contributed by atoms with van der Waals surface area (Å²) in [5.41, 5.74) is 0.715. The van der Waals surface area contributed by atoms with Crippen LogP contribution in [-0.2, 0) is 0 Å². The summed E-state index contributed by atoms with van der Waals surface area (Å²) in [7, 11) is 0. The third kappa shape index (κ3) is 6.69. The van der Waals surface area contributed by atoms with Crippen LogP contribution in [-0.4, -0.2) is 6.43 Å². The lowest BCUT2D eigenvalue weighted by Crippen LogP contribution is -1.69. The van der Waals surface area contributed by atoms with E-state index in [4.69, 9.17) is 5.26 Å². The van der Waals surface area contributed by atoms with Gasteiger partial charge in [-0.25, -0.2) is 8.78 Å². The molecular weight excluding hydrogens is 160 g/mol. The van der Waals surface area contributed by atoms with Gasteiger partial charge in [0.15, 0.2) is 0 Å². The van der Waals surface area contributed by atoms with Crippen LogP contribution in [0.25, 0.3) is 0 Å². The minimum atomic E-state index is -2.17. The second-order valence-electron chi connectivity index (χ2n) is 2.00. The van der Waals surface area contributed by atoms with Crippen LogP contribution in [0.4, 0.5) is 8.78 Å². The van der Waals surface area contributed by atoms with Crippen LogP contribution in [0.2, 0.25) is 0 Å². The van der Waals surface area contributed by atoms with Crippen LogP contribution < -0.4 is 0 Å². The van der Waals surface area contributed by atoms with Crippen molar-refractivity contribution in [3.05, 3.63) is 35.9 Å². The van der Waals surface area contributed by atoms with E-state index in [9.17, 15) is 8.78 Å². The van der Waals surface area contributed by atoms with Gasteiger partial charge in [0, 0.05) is 0 Å². The predicted molar refractivity (Wildman–Crippen MR) is 42.8 cm³/mol. The molecule has 12 heavy (non-hydrogen) atoms. The van der Waals surface area contributed by atoms with Crippen molar-refractivity contribution in [1.82, 2.24) is 0 Å². The molecule has 0 heterocycles. The van der Waals surface area contributed by atoms with E-state index in [1.807, 2.05) is 24.3 Å². The van der Waals surface area contributed by atoms with E-state index < -0.39 is 6.43 Å². The number of rotatable bonds is 0. The zero-order valence-corrected chi connectivity index (χ0v) is 6.67. The van der Waals surface area contributed by atoms with E-state index >= 15 is 0 Å². The monoisotopic (exact) mass is 169 g/mol. The van der Waals surface area contributed by atoms with Gasteiger partial charge in [0.25, 0.3) is 0 Å². The van der Waals surface area contributed by atoms with E-state index in [-0.39, 0.29) is 0 Å². The maximum atomic E-state index is 10.3. The molecule has 0 aliphatic carbocycles. The first-order chi connectivity index (χ1) is 5.66. The first-order valence-electron chi connectivity index (χ1n) is 3.40. The Labute approximate surface area is 70.3 Å². The quantitative estimate of drug-likeness (QED) is 0.585. The third-order valence-electron chi connectivity index (χ3n) is 0.903. The number of nitriles is 1. The van der Waals surface area contributed by atoms with Gasteiger partial charge in [-0.2, -0.15) is 5.26 Å². The molecule has 0 atom stereocenters. The largest absolute Gasteiger partial charge is 0.235 e. The van der Waals surface area contributed by atoms with Crippen LogP contribution in [0.1, 0.15) is 12.5 Å². The lowest BCUT2D eigenvalue weighted by atomic mass is 10.2. The predicted octanol–water partition coefficient (Wildman–Crippen LogP) is 2.83. The number of alkyl halides is 2. The van der Waals surface area contributed by atoms with Crippen molar-refractivity contribution in [3.8, 4) is 6.07 Å².